The molecule has 0 spiro atoms. The fraction of sp³-hybridized carbons (Fsp3) is 0.118. The van der Waals surface area contributed by atoms with Gasteiger partial charge >= 0.3 is 11.9 Å². The Labute approximate surface area is 155 Å². The Kier molecular flexibility index (Phi) is 6.40. The number of benzene rings is 2. The topological polar surface area (TPSA) is 106 Å². The zero-order chi connectivity index (χ0) is 19.3. The van der Waals surface area contributed by atoms with Gasteiger partial charge in [-0.1, -0.05) is 15.9 Å². The third-order valence-corrected chi connectivity index (χ3v) is 3.58. The summed E-state index contributed by atoms with van der Waals surface area (Å²) in [6.45, 7) is -0.595. The zero-order valence-electron chi connectivity index (χ0n) is 13.2. The predicted molar refractivity (Wildman–Crippen MR) is 95.2 cm³/mol. The molecule has 4 N–H and O–H groups in total. The first kappa shape index (κ1) is 19.5. The van der Waals surface area contributed by atoms with Crippen LogP contribution in [0.3, 0.4) is 0 Å². The van der Waals surface area contributed by atoms with Crippen molar-refractivity contribution in [2.24, 2.45) is 4.99 Å². The van der Waals surface area contributed by atoms with Gasteiger partial charge in [-0.25, -0.2) is 13.6 Å². The Balaban J connectivity index is 2.23. The third kappa shape index (κ3) is 5.62. The summed E-state index contributed by atoms with van der Waals surface area (Å²) in [6.07, 6.45) is -0.170. The minimum Gasteiger partial charge on any atom is -0.578 e. The number of halogens is 3. The Morgan fingerprint density at radius 1 is 1.23 bits per heavy atom. The summed E-state index contributed by atoms with van der Waals surface area (Å²) in [6, 6.07) is 7.46. The van der Waals surface area contributed by atoms with Crippen LogP contribution in [0, 0.1) is 17.0 Å². The third-order valence-electron chi connectivity index (χ3n) is 3.09. The van der Waals surface area contributed by atoms with Crippen molar-refractivity contribution in [3.05, 3.63) is 63.6 Å². The maximum atomic E-state index is 13.2. The average Bonchev–Trinajstić information content (AvgIpc) is 2.52. The molecular formula is C17H14BrF2N2O4+. The number of amidine groups is 1. The van der Waals surface area contributed by atoms with E-state index in [2.05, 4.69) is 20.9 Å². The number of nitrogens with one attached hydrogen (secondary N) is 1. The first-order valence-corrected chi connectivity index (χ1v) is 8.01. The minimum absolute atomic E-state index is 0.119. The molecule has 0 radical (unpaired) electrons. The van der Waals surface area contributed by atoms with E-state index in [-0.39, 0.29) is 35.0 Å². The number of ether oxygens (including phenoxy) is 1. The van der Waals surface area contributed by atoms with E-state index < -0.39 is 24.2 Å². The summed E-state index contributed by atoms with van der Waals surface area (Å²) >= 11 is 3.23. The summed E-state index contributed by atoms with van der Waals surface area (Å²) in [5, 5.41) is 24.6. The largest absolute Gasteiger partial charge is 0.578 e. The van der Waals surface area contributed by atoms with Gasteiger partial charge in [0, 0.05) is 17.0 Å². The van der Waals surface area contributed by atoms with E-state index in [4.69, 9.17) is 20.4 Å². The highest BCUT2D eigenvalue weighted by Gasteiger charge is 2.17. The minimum atomic E-state index is -1.18. The Bertz CT molecular complexity index is 867. The van der Waals surface area contributed by atoms with Crippen LogP contribution in [0.1, 0.15) is 11.1 Å². The van der Waals surface area contributed by atoms with Gasteiger partial charge in [0.1, 0.15) is 28.8 Å². The lowest BCUT2D eigenvalue weighted by atomic mass is 10.1. The second-order valence-corrected chi connectivity index (χ2v) is 6.10. The number of rotatable bonds is 6. The van der Waals surface area contributed by atoms with Gasteiger partial charge in [-0.05, 0) is 35.9 Å². The van der Waals surface area contributed by atoms with E-state index in [0.717, 1.165) is 18.2 Å². The van der Waals surface area contributed by atoms with Crippen molar-refractivity contribution >= 4 is 33.6 Å². The van der Waals surface area contributed by atoms with Crippen LogP contribution in [-0.4, -0.2) is 34.5 Å². The summed E-state index contributed by atoms with van der Waals surface area (Å²) in [7, 11) is 0. The molecule has 0 saturated heterocycles. The molecule has 0 aliphatic heterocycles. The maximum Gasteiger partial charge on any atom is 0.369 e. The molecule has 2 aromatic rings. The van der Waals surface area contributed by atoms with E-state index in [1.807, 2.05) is 0 Å². The van der Waals surface area contributed by atoms with Crippen molar-refractivity contribution in [2.75, 3.05) is 6.61 Å². The van der Waals surface area contributed by atoms with Gasteiger partial charge in [-0.2, -0.15) is 0 Å². The first-order chi connectivity index (χ1) is 12.2. The fourth-order valence-corrected chi connectivity index (χ4v) is 2.45. The van der Waals surface area contributed by atoms with Crippen molar-refractivity contribution in [3.63, 3.8) is 0 Å². The molecule has 0 unspecified atom stereocenters. The number of aliphatic imine (C=N–C) groups is 1. The van der Waals surface area contributed by atoms with E-state index in [9.17, 15) is 13.6 Å². The van der Waals surface area contributed by atoms with Crippen LogP contribution in [0.4, 0.5) is 8.78 Å². The predicted octanol–water partition coefficient (Wildman–Crippen LogP) is 2.88. The van der Waals surface area contributed by atoms with Gasteiger partial charge in [-0.3, -0.25) is 5.41 Å². The van der Waals surface area contributed by atoms with Gasteiger partial charge in [0.15, 0.2) is 6.61 Å². The van der Waals surface area contributed by atoms with Crippen molar-refractivity contribution < 1.29 is 28.5 Å². The van der Waals surface area contributed by atoms with E-state index in [1.165, 1.54) is 12.1 Å². The lowest BCUT2D eigenvalue weighted by molar-refractivity contribution is -0.139. The summed E-state index contributed by atoms with van der Waals surface area (Å²) in [4.78, 5) is 14.5. The molecule has 9 heteroatoms. The van der Waals surface area contributed by atoms with E-state index in [1.54, 1.807) is 6.07 Å². The van der Waals surface area contributed by atoms with Crippen LogP contribution in [0.2, 0.25) is 0 Å². The lowest BCUT2D eigenvalue weighted by Crippen LogP contribution is -2.13. The highest BCUT2D eigenvalue weighted by Crippen LogP contribution is 2.24. The SMILES string of the molecule is N=C(Cc1cc(F)cc(F)c1)N=C([OH2+])c1cc(Br)ccc1OCC(=O)O. The molecule has 0 saturated carbocycles. The normalized spacial score (nSPS) is 11.3. The molecule has 0 amide bonds. The standard InChI is InChI=1S/C17H13BrF2N2O4/c18-10-1-2-14(26-8-16(23)24)13(6-10)17(25)22-15(21)5-9-3-11(19)7-12(20)4-9/h1-4,6-7H,5,8H2,(H,23,24)(H2,21,22,25)/p+1. The van der Waals surface area contributed by atoms with Crippen LogP contribution in [-0.2, 0) is 11.2 Å². The molecular weight excluding hydrogens is 414 g/mol. The molecule has 0 fully saturated rings. The highest BCUT2D eigenvalue weighted by atomic mass is 79.9. The molecule has 0 atom stereocenters. The number of nitrogens with zero attached hydrogens (tertiary/aromatic N) is 1. The van der Waals surface area contributed by atoms with Gasteiger partial charge in [0.05, 0.1) is 0 Å². The monoisotopic (exact) mass is 427 g/mol. The Hall–Kier alpha value is -2.81. The number of aliphatic carboxylic acids is 1. The lowest BCUT2D eigenvalue weighted by Gasteiger charge is -2.07. The van der Waals surface area contributed by atoms with Crippen LogP contribution < -0.4 is 4.74 Å². The number of carboxylic acids is 1. The Morgan fingerprint density at radius 2 is 1.88 bits per heavy atom. The summed E-state index contributed by atoms with van der Waals surface area (Å²) in [5.74, 6) is -3.21. The maximum absolute atomic E-state index is 13.2. The van der Waals surface area contributed by atoms with Crippen LogP contribution in [0.25, 0.3) is 0 Å². The zero-order valence-corrected chi connectivity index (χ0v) is 14.8. The van der Waals surface area contributed by atoms with E-state index >= 15 is 0 Å². The molecule has 0 aliphatic carbocycles. The van der Waals surface area contributed by atoms with Crippen molar-refractivity contribution in [1.29, 1.82) is 5.41 Å². The number of hydrogen-bond donors (Lipinski definition) is 2. The molecule has 136 valence electrons. The van der Waals surface area contributed by atoms with Crippen LogP contribution in [0.5, 0.6) is 5.75 Å². The van der Waals surface area contributed by atoms with Gasteiger partial charge in [0.25, 0.3) is 0 Å². The summed E-state index contributed by atoms with van der Waals surface area (Å²) in [5.41, 5.74) is 0.386. The van der Waals surface area contributed by atoms with E-state index in [0.29, 0.717) is 4.47 Å². The van der Waals surface area contributed by atoms with Crippen LogP contribution in [0.15, 0.2) is 45.9 Å². The molecule has 0 heterocycles. The molecule has 2 aromatic carbocycles. The van der Waals surface area contributed by atoms with Gasteiger partial charge < -0.3 is 14.9 Å². The summed E-state index contributed by atoms with van der Waals surface area (Å²) < 4.78 is 32.1. The number of carbonyl (C=O) groups is 1. The molecule has 0 aliphatic rings. The average molecular weight is 428 g/mol. The quantitative estimate of drug-likeness (QED) is 0.420. The number of carboxylic acid groups (broad SMARTS) is 1. The molecule has 6 nitrogen and oxygen atoms in total. The van der Waals surface area contributed by atoms with Gasteiger partial charge in [0.2, 0.25) is 0 Å². The second kappa shape index (κ2) is 8.52. The van der Waals surface area contributed by atoms with Crippen LogP contribution >= 0.6 is 15.9 Å². The molecule has 0 bridgehead atoms. The smallest absolute Gasteiger partial charge is 0.369 e. The highest BCUT2D eigenvalue weighted by molar-refractivity contribution is 9.10. The van der Waals surface area contributed by atoms with Crippen molar-refractivity contribution in [1.82, 2.24) is 0 Å². The molecule has 26 heavy (non-hydrogen) atoms. The molecule has 0 aromatic heterocycles. The number of hydrogen-bond acceptors (Lipinski definition) is 3. The van der Waals surface area contributed by atoms with Crippen molar-refractivity contribution in [3.8, 4) is 5.75 Å². The second-order valence-electron chi connectivity index (χ2n) is 5.18. The van der Waals surface area contributed by atoms with Crippen molar-refractivity contribution in [2.45, 2.75) is 6.42 Å². The molecule has 2 rings (SSSR count). The first-order valence-electron chi connectivity index (χ1n) is 7.22. The Morgan fingerprint density at radius 3 is 2.50 bits per heavy atom. The fourth-order valence-electron chi connectivity index (χ4n) is 2.09. The van der Waals surface area contributed by atoms with Gasteiger partial charge in [-0.15, -0.1) is 4.99 Å².